The van der Waals surface area contributed by atoms with Crippen molar-refractivity contribution in [2.75, 3.05) is 25.0 Å². The number of anilines is 1. The van der Waals surface area contributed by atoms with E-state index in [1.54, 1.807) is 12.1 Å². The minimum Gasteiger partial charge on any atom is -0.480 e. The molecule has 8 heteroatoms. The van der Waals surface area contributed by atoms with Gasteiger partial charge in [0.05, 0.1) is 25.3 Å². The summed E-state index contributed by atoms with van der Waals surface area (Å²) in [6.45, 7) is -1.32. The molecule has 0 radical (unpaired) electrons. The van der Waals surface area contributed by atoms with Crippen molar-refractivity contribution in [3.63, 3.8) is 0 Å². The van der Waals surface area contributed by atoms with Crippen molar-refractivity contribution in [3.05, 3.63) is 27.8 Å². The first kappa shape index (κ1) is 16.4. The van der Waals surface area contributed by atoms with E-state index in [1.165, 1.54) is 0 Å². The van der Waals surface area contributed by atoms with Gasteiger partial charge in [0.25, 0.3) is 0 Å². The van der Waals surface area contributed by atoms with Gasteiger partial charge in [0.15, 0.2) is 0 Å². The van der Waals surface area contributed by atoms with E-state index in [0.29, 0.717) is 5.69 Å². The maximum atomic E-state index is 11.8. The van der Waals surface area contributed by atoms with Gasteiger partial charge in [-0.1, -0.05) is 12.1 Å². The number of hydrogen-bond donors (Lipinski definition) is 3. The van der Waals surface area contributed by atoms with E-state index in [4.69, 9.17) is 10.2 Å². The molecule has 1 aromatic rings. The molecule has 0 saturated carbocycles. The summed E-state index contributed by atoms with van der Waals surface area (Å²) in [5, 5.41) is 20.0. The summed E-state index contributed by atoms with van der Waals surface area (Å²) in [5.74, 6) is -2.83. The van der Waals surface area contributed by atoms with Crippen LogP contribution in [0.1, 0.15) is 0 Å². The van der Waals surface area contributed by atoms with Crippen LogP contribution in [-0.4, -0.2) is 52.6 Å². The minimum atomic E-state index is -1.19. The van der Waals surface area contributed by atoms with E-state index in [1.807, 2.05) is 12.1 Å². The second kappa shape index (κ2) is 7.80. The SMILES string of the molecule is O=C(O)CN(CC(=O)O)CC(=O)Nc1ccccc1I. The number of carboxylic acid groups (broad SMARTS) is 2. The smallest absolute Gasteiger partial charge is 0.317 e. The molecule has 0 unspecified atom stereocenters. The van der Waals surface area contributed by atoms with Crippen LogP contribution in [0.15, 0.2) is 24.3 Å². The van der Waals surface area contributed by atoms with Crippen LogP contribution in [0.4, 0.5) is 5.69 Å². The number of benzene rings is 1. The number of carbonyl (C=O) groups excluding carboxylic acids is 1. The van der Waals surface area contributed by atoms with Crippen molar-refractivity contribution in [3.8, 4) is 0 Å². The molecule has 0 aromatic heterocycles. The number of hydrogen-bond acceptors (Lipinski definition) is 4. The Morgan fingerprint density at radius 3 is 2.10 bits per heavy atom. The number of nitrogens with zero attached hydrogens (tertiary/aromatic N) is 1. The summed E-state index contributed by atoms with van der Waals surface area (Å²) in [6, 6.07) is 7.09. The zero-order chi connectivity index (χ0) is 15.1. The van der Waals surface area contributed by atoms with Crippen molar-refractivity contribution in [2.24, 2.45) is 0 Å². The summed E-state index contributed by atoms with van der Waals surface area (Å²) in [7, 11) is 0. The van der Waals surface area contributed by atoms with E-state index in [-0.39, 0.29) is 6.54 Å². The molecule has 20 heavy (non-hydrogen) atoms. The normalized spacial score (nSPS) is 10.3. The van der Waals surface area contributed by atoms with Gasteiger partial charge < -0.3 is 15.5 Å². The Balaban J connectivity index is 2.64. The Hall–Kier alpha value is -1.68. The lowest BCUT2D eigenvalue weighted by atomic mass is 10.3. The number of aliphatic carboxylic acids is 2. The third-order valence-corrected chi connectivity index (χ3v) is 3.17. The van der Waals surface area contributed by atoms with Crippen LogP contribution in [0, 0.1) is 3.57 Å². The molecule has 0 spiro atoms. The van der Waals surface area contributed by atoms with E-state index in [0.717, 1.165) is 8.47 Å². The molecule has 0 aliphatic carbocycles. The fourth-order valence-corrected chi connectivity index (χ4v) is 2.03. The van der Waals surface area contributed by atoms with Gasteiger partial charge in [-0.3, -0.25) is 19.3 Å². The summed E-state index contributed by atoms with van der Waals surface area (Å²) < 4.78 is 0.835. The van der Waals surface area contributed by atoms with Crippen LogP contribution in [0.3, 0.4) is 0 Å². The highest BCUT2D eigenvalue weighted by atomic mass is 127. The van der Waals surface area contributed by atoms with Crippen molar-refractivity contribution < 1.29 is 24.6 Å². The van der Waals surface area contributed by atoms with Crippen molar-refractivity contribution in [1.82, 2.24) is 4.90 Å². The van der Waals surface area contributed by atoms with E-state index in [2.05, 4.69) is 27.9 Å². The second-order valence-corrected chi connectivity index (χ2v) is 5.12. The van der Waals surface area contributed by atoms with E-state index >= 15 is 0 Å². The molecule has 0 heterocycles. The van der Waals surface area contributed by atoms with Crippen LogP contribution >= 0.6 is 22.6 Å². The quantitative estimate of drug-likeness (QED) is 0.590. The number of carbonyl (C=O) groups is 3. The number of nitrogens with one attached hydrogen (secondary N) is 1. The summed E-state index contributed by atoms with van der Waals surface area (Å²) in [4.78, 5) is 34.1. The fourth-order valence-electron chi connectivity index (χ4n) is 1.51. The lowest BCUT2D eigenvalue weighted by Gasteiger charge is -2.17. The summed E-state index contributed by atoms with van der Waals surface area (Å²) >= 11 is 2.05. The van der Waals surface area contributed by atoms with Gasteiger partial charge in [-0.15, -0.1) is 0 Å². The molecule has 0 atom stereocenters. The van der Waals surface area contributed by atoms with Crippen LogP contribution < -0.4 is 5.32 Å². The molecule has 1 amide bonds. The Kier molecular flexibility index (Phi) is 6.39. The number of rotatable bonds is 7. The van der Waals surface area contributed by atoms with Crippen LogP contribution in [-0.2, 0) is 14.4 Å². The monoisotopic (exact) mass is 392 g/mol. The number of carboxylic acids is 2. The zero-order valence-corrected chi connectivity index (χ0v) is 12.5. The Morgan fingerprint density at radius 2 is 1.60 bits per heavy atom. The molecule has 0 aliphatic heterocycles. The fraction of sp³-hybridized carbons (Fsp3) is 0.250. The Bertz CT molecular complexity index is 504. The molecule has 0 bridgehead atoms. The first-order valence-corrected chi connectivity index (χ1v) is 6.66. The van der Waals surface area contributed by atoms with Gasteiger partial charge in [0.1, 0.15) is 0 Å². The minimum absolute atomic E-state index is 0.302. The lowest BCUT2D eigenvalue weighted by molar-refractivity contribution is -0.142. The molecule has 0 fully saturated rings. The predicted molar refractivity (Wildman–Crippen MR) is 79.5 cm³/mol. The second-order valence-electron chi connectivity index (χ2n) is 3.96. The van der Waals surface area contributed by atoms with Crippen molar-refractivity contribution in [1.29, 1.82) is 0 Å². The maximum absolute atomic E-state index is 11.8. The van der Waals surface area contributed by atoms with Crippen LogP contribution in [0.5, 0.6) is 0 Å². The highest BCUT2D eigenvalue weighted by Crippen LogP contribution is 2.16. The van der Waals surface area contributed by atoms with Crippen molar-refractivity contribution in [2.45, 2.75) is 0 Å². The van der Waals surface area contributed by atoms with Crippen molar-refractivity contribution >= 4 is 46.1 Å². The molecular weight excluding hydrogens is 379 g/mol. The topological polar surface area (TPSA) is 107 Å². The number of amides is 1. The molecule has 0 aliphatic rings. The molecule has 1 aromatic carbocycles. The van der Waals surface area contributed by atoms with E-state index in [9.17, 15) is 14.4 Å². The summed E-state index contributed by atoms with van der Waals surface area (Å²) in [5.41, 5.74) is 0.601. The standard InChI is InChI=1S/C12H13IN2O5/c13-8-3-1-2-4-9(8)14-10(16)5-15(6-11(17)18)7-12(19)20/h1-4H,5-7H2,(H,14,16)(H,17,18)(H,19,20). The molecule has 3 N–H and O–H groups in total. The van der Waals surface area contributed by atoms with Gasteiger partial charge >= 0.3 is 11.9 Å². The maximum Gasteiger partial charge on any atom is 0.317 e. The lowest BCUT2D eigenvalue weighted by Crippen LogP contribution is -2.40. The highest BCUT2D eigenvalue weighted by Gasteiger charge is 2.17. The van der Waals surface area contributed by atoms with Gasteiger partial charge in [-0.2, -0.15) is 0 Å². The van der Waals surface area contributed by atoms with E-state index < -0.39 is 30.9 Å². The highest BCUT2D eigenvalue weighted by molar-refractivity contribution is 14.1. The summed E-state index contributed by atoms with van der Waals surface area (Å²) in [6.07, 6.45) is 0. The van der Waals surface area contributed by atoms with Gasteiger partial charge in [-0.05, 0) is 34.7 Å². The Labute approximate surface area is 128 Å². The molecular formula is C12H13IN2O5. The molecule has 1 rings (SSSR count). The first-order chi connectivity index (χ1) is 9.38. The zero-order valence-electron chi connectivity index (χ0n) is 10.4. The molecule has 0 saturated heterocycles. The average molecular weight is 392 g/mol. The van der Waals surface area contributed by atoms with Gasteiger partial charge in [0, 0.05) is 3.57 Å². The largest absolute Gasteiger partial charge is 0.480 e. The Morgan fingerprint density at radius 1 is 1.05 bits per heavy atom. The number of halogens is 1. The van der Waals surface area contributed by atoms with Crippen LogP contribution in [0.2, 0.25) is 0 Å². The third kappa shape index (κ3) is 5.97. The van der Waals surface area contributed by atoms with Crippen LogP contribution in [0.25, 0.3) is 0 Å². The third-order valence-electron chi connectivity index (χ3n) is 2.23. The average Bonchev–Trinajstić information content (AvgIpc) is 2.30. The number of para-hydroxylation sites is 1. The molecule has 7 nitrogen and oxygen atoms in total. The predicted octanol–water partition coefficient (Wildman–Crippen LogP) is 0.701. The van der Waals surface area contributed by atoms with Gasteiger partial charge in [0.2, 0.25) is 5.91 Å². The first-order valence-electron chi connectivity index (χ1n) is 5.59. The van der Waals surface area contributed by atoms with Gasteiger partial charge in [-0.25, -0.2) is 0 Å². The molecule has 108 valence electrons.